The van der Waals surface area contributed by atoms with Gasteiger partial charge in [0.2, 0.25) is 0 Å². The fraction of sp³-hybridized carbons (Fsp3) is 0.500. The first-order chi connectivity index (χ1) is 17.8. The number of aliphatic hydroxyl groups is 2. The smallest absolute Gasteiger partial charge is 0.255 e. The fourth-order valence-electron chi connectivity index (χ4n) is 6.46. The van der Waals surface area contributed by atoms with Crippen LogP contribution in [0, 0.1) is 11.7 Å². The summed E-state index contributed by atoms with van der Waals surface area (Å²) >= 11 is 0. The molecule has 3 heterocycles. The molecule has 0 aliphatic carbocycles. The van der Waals surface area contributed by atoms with Gasteiger partial charge in [-0.2, -0.15) is 0 Å². The Hall–Kier alpha value is -3.17. The molecule has 6 atom stereocenters. The average Bonchev–Trinajstić information content (AvgIpc) is 3.49. The van der Waals surface area contributed by atoms with Crippen LogP contribution in [0.3, 0.4) is 0 Å². The summed E-state index contributed by atoms with van der Waals surface area (Å²) in [6, 6.07) is 14.4. The maximum Gasteiger partial charge on any atom is 0.255 e. The lowest BCUT2D eigenvalue weighted by molar-refractivity contribution is -0.153. The van der Waals surface area contributed by atoms with Gasteiger partial charge < -0.3 is 31.1 Å². The molecule has 0 aromatic heterocycles. The monoisotopic (exact) mass is 510 g/mol. The normalized spacial score (nSPS) is 26.7. The van der Waals surface area contributed by atoms with Gasteiger partial charge in [0.1, 0.15) is 5.82 Å². The molecule has 0 spiro atoms. The first kappa shape index (κ1) is 25.5. The van der Waals surface area contributed by atoms with Crippen molar-refractivity contribution < 1.29 is 24.2 Å². The number of hydrogen-bond acceptors (Lipinski definition) is 6. The van der Waals surface area contributed by atoms with Crippen LogP contribution in [0.25, 0.3) is 0 Å². The molecule has 0 saturated carbocycles. The standard InChI is InChI=1S/C28H35FN4O4/c29-19-8-11-24(22(30)15-19)33-20-9-10-21(33)14-17(13-20)16-31-27(36)25(34)26(35)28(37)32-12-4-7-23(32)18-5-2-1-3-6-18/h1-3,5-6,8,11,15,17,20-21,23,25-26,34-35H,4,7,9-10,12-14,16,30H2,(H,31,36)/t17?,20-,21+,23-,25-,26-/m1/s1. The Bertz CT molecular complexity index is 1120. The number of fused-ring (bicyclic) bond motifs is 2. The zero-order valence-electron chi connectivity index (χ0n) is 20.8. The number of nitrogens with two attached hydrogens (primary N) is 1. The largest absolute Gasteiger partial charge is 0.397 e. The fourth-order valence-corrected chi connectivity index (χ4v) is 6.46. The van der Waals surface area contributed by atoms with Gasteiger partial charge in [-0.15, -0.1) is 0 Å². The molecular formula is C28H35FN4O4. The summed E-state index contributed by atoms with van der Waals surface area (Å²) in [6.07, 6.45) is 1.58. The zero-order valence-corrected chi connectivity index (χ0v) is 20.8. The number of nitrogens with zero attached hydrogens (tertiary/aromatic N) is 2. The molecule has 37 heavy (non-hydrogen) atoms. The first-order valence-electron chi connectivity index (χ1n) is 13.2. The van der Waals surface area contributed by atoms with Gasteiger partial charge in [-0.05, 0) is 68.2 Å². The van der Waals surface area contributed by atoms with E-state index in [1.807, 2.05) is 30.3 Å². The number of nitrogen functional groups attached to an aromatic ring is 1. The van der Waals surface area contributed by atoms with Crippen molar-refractivity contribution in [3.05, 3.63) is 59.9 Å². The van der Waals surface area contributed by atoms with Gasteiger partial charge in [-0.3, -0.25) is 9.59 Å². The molecule has 5 rings (SSSR count). The third-order valence-corrected chi connectivity index (χ3v) is 8.20. The number of piperidine rings is 1. The number of aliphatic hydroxyl groups excluding tert-OH is 2. The van der Waals surface area contributed by atoms with E-state index in [9.17, 15) is 24.2 Å². The molecule has 0 radical (unpaired) electrons. The molecule has 2 bridgehead atoms. The molecule has 1 unspecified atom stereocenters. The molecule has 198 valence electrons. The van der Waals surface area contributed by atoms with Crippen molar-refractivity contribution in [3.8, 4) is 0 Å². The van der Waals surface area contributed by atoms with Crippen molar-refractivity contribution in [2.45, 2.75) is 68.9 Å². The third-order valence-electron chi connectivity index (χ3n) is 8.20. The summed E-state index contributed by atoms with van der Waals surface area (Å²) in [5.74, 6) is -1.53. The van der Waals surface area contributed by atoms with E-state index >= 15 is 0 Å². The summed E-state index contributed by atoms with van der Waals surface area (Å²) in [5.41, 5.74) is 8.34. The topological polar surface area (TPSA) is 119 Å². The van der Waals surface area contributed by atoms with E-state index in [4.69, 9.17) is 5.73 Å². The maximum atomic E-state index is 13.5. The van der Waals surface area contributed by atoms with Gasteiger partial charge in [-0.1, -0.05) is 30.3 Å². The molecular weight excluding hydrogens is 475 g/mol. The molecule has 5 N–H and O–H groups in total. The second-order valence-electron chi connectivity index (χ2n) is 10.6. The van der Waals surface area contributed by atoms with Crippen LogP contribution >= 0.6 is 0 Å². The lowest BCUT2D eigenvalue weighted by Gasteiger charge is -2.41. The molecule has 3 fully saturated rings. The van der Waals surface area contributed by atoms with Gasteiger partial charge in [0.15, 0.2) is 12.2 Å². The average molecular weight is 511 g/mol. The van der Waals surface area contributed by atoms with Crippen LogP contribution < -0.4 is 16.0 Å². The van der Waals surface area contributed by atoms with Crippen LogP contribution in [-0.4, -0.2) is 64.3 Å². The van der Waals surface area contributed by atoms with Crippen LogP contribution in [0.2, 0.25) is 0 Å². The Balaban J connectivity index is 1.15. The SMILES string of the molecule is Nc1cc(F)ccc1N1[C@@H]2CC[C@H]1CC(CNC(=O)[C@H](O)[C@@H](O)C(=O)N1CCC[C@@H]1c1ccccc1)C2. The lowest BCUT2D eigenvalue weighted by atomic mass is 9.90. The minimum atomic E-state index is -1.83. The predicted octanol–water partition coefficient (Wildman–Crippen LogP) is 2.36. The molecule has 3 aliphatic heterocycles. The second-order valence-corrected chi connectivity index (χ2v) is 10.6. The minimum absolute atomic E-state index is 0.172. The Morgan fingerprint density at radius 1 is 1.03 bits per heavy atom. The molecule has 2 amide bonds. The van der Waals surface area contributed by atoms with E-state index in [1.165, 1.54) is 12.1 Å². The molecule has 2 aromatic carbocycles. The van der Waals surface area contributed by atoms with Crippen LogP contribution in [0.1, 0.15) is 50.1 Å². The van der Waals surface area contributed by atoms with Crippen molar-refractivity contribution in [2.24, 2.45) is 5.92 Å². The molecule has 2 aromatic rings. The number of benzene rings is 2. The van der Waals surface area contributed by atoms with E-state index in [0.717, 1.165) is 49.8 Å². The van der Waals surface area contributed by atoms with Crippen LogP contribution in [0.15, 0.2) is 48.5 Å². The van der Waals surface area contributed by atoms with Crippen molar-refractivity contribution in [1.29, 1.82) is 0 Å². The van der Waals surface area contributed by atoms with E-state index in [2.05, 4.69) is 10.2 Å². The van der Waals surface area contributed by atoms with Crippen molar-refractivity contribution in [1.82, 2.24) is 10.2 Å². The van der Waals surface area contributed by atoms with Gasteiger partial charge in [0, 0.05) is 25.2 Å². The quantitative estimate of drug-likeness (QED) is 0.425. The number of amides is 2. The highest BCUT2D eigenvalue weighted by molar-refractivity contribution is 5.91. The number of halogens is 1. The highest BCUT2D eigenvalue weighted by atomic mass is 19.1. The third kappa shape index (κ3) is 5.15. The van der Waals surface area contributed by atoms with Gasteiger partial charge in [0.05, 0.1) is 17.4 Å². The Labute approximate surface area is 216 Å². The Morgan fingerprint density at radius 2 is 1.73 bits per heavy atom. The number of hydrogen-bond donors (Lipinski definition) is 4. The van der Waals surface area contributed by atoms with Crippen molar-refractivity contribution in [3.63, 3.8) is 0 Å². The van der Waals surface area contributed by atoms with E-state index < -0.39 is 24.0 Å². The van der Waals surface area contributed by atoms with Crippen molar-refractivity contribution in [2.75, 3.05) is 23.7 Å². The summed E-state index contributed by atoms with van der Waals surface area (Å²) in [4.78, 5) is 29.5. The molecule has 9 heteroatoms. The number of anilines is 2. The highest BCUT2D eigenvalue weighted by Gasteiger charge is 2.42. The van der Waals surface area contributed by atoms with E-state index in [1.54, 1.807) is 11.0 Å². The summed E-state index contributed by atoms with van der Waals surface area (Å²) in [6.45, 7) is 0.830. The molecule has 3 aliphatic rings. The van der Waals surface area contributed by atoms with Gasteiger partial charge in [0.25, 0.3) is 11.8 Å². The zero-order chi connectivity index (χ0) is 26.1. The number of nitrogens with one attached hydrogen (secondary N) is 1. The summed E-state index contributed by atoms with van der Waals surface area (Å²) < 4.78 is 13.5. The minimum Gasteiger partial charge on any atom is -0.397 e. The van der Waals surface area contributed by atoms with E-state index in [-0.39, 0.29) is 29.9 Å². The van der Waals surface area contributed by atoms with Gasteiger partial charge >= 0.3 is 0 Å². The van der Waals surface area contributed by atoms with E-state index in [0.29, 0.717) is 18.8 Å². The lowest BCUT2D eigenvalue weighted by Crippen LogP contribution is -2.52. The summed E-state index contributed by atoms with van der Waals surface area (Å²) in [7, 11) is 0. The van der Waals surface area contributed by atoms with Crippen LogP contribution in [0.5, 0.6) is 0 Å². The summed E-state index contributed by atoms with van der Waals surface area (Å²) in [5, 5.41) is 23.8. The van der Waals surface area contributed by atoms with Crippen LogP contribution in [0.4, 0.5) is 15.8 Å². The Morgan fingerprint density at radius 3 is 2.41 bits per heavy atom. The number of carbonyl (C=O) groups excluding carboxylic acids is 2. The Kier molecular flexibility index (Phi) is 7.35. The molecule has 8 nitrogen and oxygen atoms in total. The highest BCUT2D eigenvalue weighted by Crippen LogP contribution is 2.43. The predicted molar refractivity (Wildman–Crippen MR) is 138 cm³/mol. The second kappa shape index (κ2) is 10.7. The number of rotatable bonds is 7. The van der Waals surface area contributed by atoms with Crippen molar-refractivity contribution >= 4 is 23.2 Å². The molecule has 3 saturated heterocycles. The van der Waals surface area contributed by atoms with Crippen LogP contribution in [-0.2, 0) is 9.59 Å². The number of carbonyl (C=O) groups is 2. The maximum absolute atomic E-state index is 13.5. The van der Waals surface area contributed by atoms with Gasteiger partial charge in [-0.25, -0.2) is 4.39 Å². The first-order valence-corrected chi connectivity index (χ1v) is 13.2. The number of likely N-dealkylation sites (tertiary alicyclic amines) is 1.